The van der Waals surface area contributed by atoms with Gasteiger partial charge in [0.1, 0.15) is 140 Å². The van der Waals surface area contributed by atoms with Crippen LogP contribution in [0.25, 0.3) is 0 Å². The Balaban J connectivity index is 1.30. The van der Waals surface area contributed by atoms with Gasteiger partial charge >= 0.3 is 0 Å². The molecule has 0 aromatic heterocycles. The zero-order chi connectivity index (χ0) is 53.2. The molecule has 30 atom stereocenters. The van der Waals surface area contributed by atoms with Crippen molar-refractivity contribution in [1.29, 1.82) is 0 Å². The molecule has 0 saturated carbocycles. The van der Waals surface area contributed by atoms with E-state index in [1.54, 1.807) is 0 Å². The molecule has 0 bridgehead atoms. The summed E-state index contributed by atoms with van der Waals surface area (Å²) in [6.45, 7) is -1.53. The molecule has 6 rings (SSSR count). The Kier molecular flexibility index (Phi) is 20.8. The third-order valence-corrected chi connectivity index (χ3v) is 13.2. The van der Waals surface area contributed by atoms with Crippen molar-refractivity contribution in [2.75, 3.05) is 33.0 Å². The second kappa shape index (κ2) is 25.3. The highest BCUT2D eigenvalue weighted by Gasteiger charge is 2.59. The van der Waals surface area contributed by atoms with Gasteiger partial charge < -0.3 is 150 Å². The zero-order valence-electron chi connectivity index (χ0n) is 38.8. The highest BCUT2D eigenvalue weighted by molar-refractivity contribution is 5.73. The topological polar surface area (TPSA) is 504 Å². The maximum atomic E-state index is 13.0. The van der Waals surface area contributed by atoms with Crippen LogP contribution in [0, 0.1) is 0 Å². The standard InChI is InChI=1S/C40H68N2O30/c1-9-19(50)23(54)26(57)38(62-9)71-33-18(42-11(3)49)37(67-16(8-47)32(33)70-40-28(59)25(56)21(52)13(5-44)65-40)68-31-14(6-45)63-35(61)34(29(31)60)72-36-17(41-10(2)48)22(53)30(15(7-46)66-36)69-39-27(58)24(55)20(51)12(4-43)64-39/h9,12-40,43-47,50-61H,4-8H2,1-3H3,(H,41,48)(H,42,49)/t9-,12+,13+,14+,15+,16+,17+,18+,19+,20-,21-,22+,23+,24-,25-,26-,27+,28+,29-,30+,31+,32+,33+,34-,35?,36-,37-,38-,39-,40-/m0/s1. The highest BCUT2D eigenvalue weighted by Crippen LogP contribution is 2.38. The van der Waals surface area contributed by atoms with Crippen LogP contribution in [0.3, 0.4) is 0 Å². The molecule has 6 heterocycles. The first-order valence-electron chi connectivity index (χ1n) is 23.0. The molecule has 0 aromatic rings. The van der Waals surface area contributed by atoms with E-state index >= 15 is 0 Å². The number of amides is 2. The molecule has 32 heteroatoms. The molecule has 19 N–H and O–H groups in total. The SMILES string of the molecule is CC(=O)N[C@H]1[C@H](O[C@@H]2C(O)O[C@H](CO)[C@@H](O[C@@H]3O[C@H](CO)[C@@H](O[C@@H]4O[C@H](CO)[C@H](O)[C@H](O)[C@H]4O)[C@H](O[C@@H]4O[C@@H](C)[C@@H](O)[C@@H](O)[C@@H]4O)[C@H]3NC(C)=O)[C@@H]2O)O[C@H](CO)[C@@H](O[C@@H]2O[C@H](CO)[C@H](O)[C@H](O)[C@H]2O)[C@@H]1O. The van der Waals surface area contributed by atoms with Gasteiger partial charge in [0.05, 0.1) is 39.1 Å². The fourth-order valence-electron chi connectivity index (χ4n) is 9.25. The summed E-state index contributed by atoms with van der Waals surface area (Å²) in [5.41, 5.74) is 0. The maximum absolute atomic E-state index is 13.0. The van der Waals surface area contributed by atoms with E-state index in [4.69, 9.17) is 52.1 Å². The fraction of sp³-hybridized carbons (Fsp3) is 0.950. The van der Waals surface area contributed by atoms with Crippen LogP contribution in [0.15, 0.2) is 0 Å². The van der Waals surface area contributed by atoms with E-state index < -0.39 is 229 Å². The average Bonchev–Trinajstić information content (AvgIpc) is 3.34. The van der Waals surface area contributed by atoms with Crippen LogP contribution in [-0.4, -0.2) is 316 Å². The second-order valence-electron chi connectivity index (χ2n) is 18.2. The van der Waals surface area contributed by atoms with Gasteiger partial charge in [0.15, 0.2) is 37.7 Å². The first kappa shape index (κ1) is 59.1. The zero-order valence-corrected chi connectivity index (χ0v) is 38.8. The number of hydrogen-bond acceptors (Lipinski definition) is 30. The van der Waals surface area contributed by atoms with Crippen molar-refractivity contribution in [2.24, 2.45) is 0 Å². The summed E-state index contributed by atoms with van der Waals surface area (Å²) in [6, 6.07) is -3.54. The Labute approximate surface area is 408 Å². The molecule has 32 nitrogen and oxygen atoms in total. The van der Waals surface area contributed by atoms with E-state index in [-0.39, 0.29) is 0 Å². The molecule has 0 radical (unpaired) electrons. The molecule has 0 aliphatic carbocycles. The number of carbonyl (C=O) groups excluding carboxylic acids is 2. The van der Waals surface area contributed by atoms with Crippen molar-refractivity contribution < 1.29 is 149 Å². The van der Waals surface area contributed by atoms with E-state index in [0.29, 0.717) is 0 Å². The largest absolute Gasteiger partial charge is 0.394 e. The van der Waals surface area contributed by atoms with Crippen molar-refractivity contribution in [3.05, 3.63) is 0 Å². The van der Waals surface area contributed by atoms with Crippen molar-refractivity contribution in [3.63, 3.8) is 0 Å². The lowest BCUT2D eigenvalue weighted by Crippen LogP contribution is -2.71. The number of aliphatic hydroxyl groups excluding tert-OH is 17. The fourth-order valence-corrected chi connectivity index (χ4v) is 9.25. The Morgan fingerprint density at radius 2 is 0.708 bits per heavy atom. The van der Waals surface area contributed by atoms with Crippen molar-refractivity contribution >= 4 is 11.8 Å². The van der Waals surface area contributed by atoms with Crippen LogP contribution in [0.5, 0.6) is 0 Å². The van der Waals surface area contributed by atoms with Crippen LogP contribution >= 0.6 is 0 Å². The lowest BCUT2D eigenvalue weighted by Gasteiger charge is -2.52. The van der Waals surface area contributed by atoms with E-state index in [1.165, 1.54) is 6.92 Å². The van der Waals surface area contributed by atoms with Crippen LogP contribution in [-0.2, 0) is 61.7 Å². The van der Waals surface area contributed by atoms with Gasteiger partial charge in [0.25, 0.3) is 0 Å². The minimum Gasteiger partial charge on any atom is -0.394 e. The van der Waals surface area contributed by atoms with Crippen LogP contribution in [0.4, 0.5) is 0 Å². The molecular formula is C40H68N2O30. The third kappa shape index (κ3) is 12.5. The number of rotatable bonds is 17. The van der Waals surface area contributed by atoms with Crippen LogP contribution in [0.2, 0.25) is 0 Å². The lowest BCUT2D eigenvalue weighted by molar-refractivity contribution is -0.392. The molecule has 6 aliphatic rings. The number of ether oxygens (including phenoxy) is 11. The lowest BCUT2D eigenvalue weighted by atomic mass is 9.93. The number of aliphatic hydroxyl groups is 17. The monoisotopic (exact) mass is 1060 g/mol. The Morgan fingerprint density at radius 3 is 1.19 bits per heavy atom. The van der Waals surface area contributed by atoms with E-state index in [0.717, 1.165) is 13.8 Å². The number of carbonyl (C=O) groups is 2. The summed E-state index contributed by atoms with van der Waals surface area (Å²) in [5.74, 6) is -1.70. The van der Waals surface area contributed by atoms with Gasteiger partial charge in [-0.25, -0.2) is 0 Å². The Hall–Kier alpha value is -2.18. The molecule has 72 heavy (non-hydrogen) atoms. The summed E-state index contributed by atoms with van der Waals surface area (Å²) in [4.78, 5) is 25.5. The van der Waals surface area contributed by atoms with E-state index in [1.807, 2.05) is 0 Å². The molecule has 6 saturated heterocycles. The second-order valence-corrected chi connectivity index (χ2v) is 18.2. The molecule has 6 aliphatic heterocycles. The molecule has 0 aromatic carbocycles. The van der Waals surface area contributed by atoms with Gasteiger partial charge in [-0.15, -0.1) is 0 Å². The molecule has 2 amide bonds. The predicted octanol–water partition coefficient (Wildman–Crippen LogP) is -12.8. The molecule has 418 valence electrons. The Morgan fingerprint density at radius 1 is 0.361 bits per heavy atom. The van der Waals surface area contributed by atoms with Crippen LogP contribution < -0.4 is 10.6 Å². The first-order valence-corrected chi connectivity index (χ1v) is 23.0. The summed E-state index contributed by atoms with van der Waals surface area (Å²) in [5, 5.41) is 186. The van der Waals surface area contributed by atoms with Gasteiger partial charge in [-0.2, -0.15) is 0 Å². The third-order valence-electron chi connectivity index (χ3n) is 13.2. The van der Waals surface area contributed by atoms with Gasteiger partial charge in [0.2, 0.25) is 11.8 Å². The summed E-state index contributed by atoms with van der Waals surface area (Å²) in [7, 11) is 0. The Bertz CT molecular complexity index is 1730. The minimum atomic E-state index is -2.21. The first-order chi connectivity index (χ1) is 34.0. The van der Waals surface area contributed by atoms with Crippen molar-refractivity contribution in [3.8, 4) is 0 Å². The molecule has 0 spiro atoms. The minimum absolute atomic E-state index is 0.832. The molecular weight excluding hydrogens is 988 g/mol. The van der Waals surface area contributed by atoms with E-state index in [2.05, 4.69) is 10.6 Å². The summed E-state index contributed by atoms with van der Waals surface area (Å²) < 4.78 is 64.0. The molecule has 6 fully saturated rings. The average molecular weight is 1060 g/mol. The quantitative estimate of drug-likeness (QED) is 0.0643. The smallest absolute Gasteiger partial charge is 0.217 e. The van der Waals surface area contributed by atoms with E-state index in [9.17, 15) is 96.4 Å². The van der Waals surface area contributed by atoms with Gasteiger partial charge in [0, 0.05) is 13.8 Å². The number of hydrogen-bond donors (Lipinski definition) is 19. The van der Waals surface area contributed by atoms with Crippen molar-refractivity contribution in [1.82, 2.24) is 10.6 Å². The van der Waals surface area contributed by atoms with Gasteiger partial charge in [-0.1, -0.05) is 0 Å². The predicted molar refractivity (Wildman–Crippen MR) is 221 cm³/mol. The van der Waals surface area contributed by atoms with Gasteiger partial charge in [-0.05, 0) is 6.92 Å². The number of nitrogens with one attached hydrogen (secondary N) is 2. The normalized spacial score (nSPS) is 50.3. The summed E-state index contributed by atoms with van der Waals surface area (Å²) in [6.07, 6.45) is -52.2. The summed E-state index contributed by atoms with van der Waals surface area (Å²) >= 11 is 0. The highest BCUT2D eigenvalue weighted by atomic mass is 16.8. The van der Waals surface area contributed by atoms with Gasteiger partial charge in [-0.3, -0.25) is 9.59 Å². The van der Waals surface area contributed by atoms with Crippen molar-refractivity contribution in [2.45, 2.75) is 205 Å². The van der Waals surface area contributed by atoms with Crippen LogP contribution in [0.1, 0.15) is 20.8 Å². The maximum Gasteiger partial charge on any atom is 0.217 e. The molecule has 1 unspecified atom stereocenters.